The van der Waals surface area contributed by atoms with Crippen LogP contribution in [0.1, 0.15) is 31.8 Å². The summed E-state index contributed by atoms with van der Waals surface area (Å²) in [4.78, 5) is 26.3. The molecule has 0 atom stereocenters. The molecule has 7 aromatic carbocycles. The Kier molecular flexibility index (Phi) is 6.50. The number of benzene rings is 7. The van der Waals surface area contributed by atoms with Gasteiger partial charge in [-0.05, 0) is 90.7 Å². The Hall–Kier alpha value is -5.60. The number of carbonyl (C=O) groups is 2. The standard InChI is InChI=1S/C40H26O2/c41-39(23-21-37-33-13-5-1-9-29(33)25-30-10-2-6-14-34(30)37)27-17-19-28(20-18-27)40(42)24-22-38-35-15-7-3-11-31(35)26-32-12-4-8-16-36(32)38/h1-26H/b23-21-,24-22-. The quantitative estimate of drug-likeness (QED) is 0.120. The Balaban J connectivity index is 1.15. The maximum atomic E-state index is 13.1. The molecule has 2 heteroatoms. The minimum Gasteiger partial charge on any atom is -0.289 e. The van der Waals surface area contributed by atoms with Gasteiger partial charge in [-0.15, -0.1) is 0 Å². The zero-order chi connectivity index (χ0) is 28.5. The lowest BCUT2D eigenvalue weighted by Gasteiger charge is -2.08. The smallest absolute Gasteiger partial charge is 0.185 e. The first-order valence-electron chi connectivity index (χ1n) is 14.0. The Morgan fingerprint density at radius 2 is 0.667 bits per heavy atom. The first-order valence-corrected chi connectivity index (χ1v) is 14.0. The van der Waals surface area contributed by atoms with Gasteiger partial charge in [0.05, 0.1) is 0 Å². The van der Waals surface area contributed by atoms with Gasteiger partial charge in [0, 0.05) is 11.1 Å². The number of carbonyl (C=O) groups excluding carboxylic acids is 2. The Morgan fingerprint density at radius 1 is 0.381 bits per heavy atom. The molecule has 0 aromatic heterocycles. The highest BCUT2D eigenvalue weighted by atomic mass is 16.1. The molecule has 2 nitrogen and oxygen atoms in total. The van der Waals surface area contributed by atoms with Crippen LogP contribution >= 0.6 is 0 Å². The van der Waals surface area contributed by atoms with Gasteiger partial charge < -0.3 is 0 Å². The van der Waals surface area contributed by atoms with Crippen molar-refractivity contribution in [2.45, 2.75) is 0 Å². The van der Waals surface area contributed by atoms with Crippen LogP contribution in [0.2, 0.25) is 0 Å². The summed E-state index contributed by atoms with van der Waals surface area (Å²) in [7, 11) is 0. The molecule has 198 valence electrons. The zero-order valence-electron chi connectivity index (χ0n) is 22.8. The molecule has 0 aliphatic heterocycles. The van der Waals surface area contributed by atoms with E-state index in [1.165, 1.54) is 0 Å². The lowest BCUT2D eigenvalue weighted by molar-refractivity contribution is 0.103. The molecular formula is C40H26O2. The molecule has 7 rings (SSSR count). The summed E-state index contributed by atoms with van der Waals surface area (Å²) in [6.07, 6.45) is 7.06. The van der Waals surface area contributed by atoms with E-state index in [1.54, 1.807) is 36.4 Å². The topological polar surface area (TPSA) is 34.1 Å². The summed E-state index contributed by atoms with van der Waals surface area (Å²) < 4.78 is 0. The van der Waals surface area contributed by atoms with Gasteiger partial charge in [0.25, 0.3) is 0 Å². The number of hydrogen-bond acceptors (Lipinski definition) is 2. The number of fused-ring (bicyclic) bond motifs is 4. The Bertz CT molecular complexity index is 1950. The lowest BCUT2D eigenvalue weighted by atomic mass is 9.95. The van der Waals surface area contributed by atoms with Crippen LogP contribution in [0.3, 0.4) is 0 Å². The van der Waals surface area contributed by atoms with Crippen LogP contribution in [0.5, 0.6) is 0 Å². The third-order valence-corrected chi connectivity index (χ3v) is 7.88. The van der Waals surface area contributed by atoms with E-state index in [-0.39, 0.29) is 11.6 Å². The summed E-state index contributed by atoms with van der Waals surface area (Å²) in [5.74, 6) is -0.215. The molecule has 0 spiro atoms. The van der Waals surface area contributed by atoms with Crippen LogP contribution in [-0.2, 0) is 0 Å². The Labute approximate surface area is 243 Å². The van der Waals surface area contributed by atoms with E-state index in [1.807, 2.05) is 60.7 Å². The van der Waals surface area contributed by atoms with Crippen molar-refractivity contribution in [3.63, 3.8) is 0 Å². The molecule has 0 saturated carbocycles. The fourth-order valence-corrected chi connectivity index (χ4v) is 5.77. The molecular weight excluding hydrogens is 512 g/mol. The zero-order valence-corrected chi connectivity index (χ0v) is 22.8. The molecule has 0 N–H and O–H groups in total. The summed E-state index contributed by atoms with van der Waals surface area (Å²) in [6, 6.07) is 44.1. The second-order valence-corrected chi connectivity index (χ2v) is 10.4. The molecule has 0 saturated heterocycles. The summed E-state index contributed by atoms with van der Waals surface area (Å²) >= 11 is 0. The van der Waals surface area contributed by atoms with Crippen molar-refractivity contribution in [1.29, 1.82) is 0 Å². The highest BCUT2D eigenvalue weighted by Crippen LogP contribution is 2.31. The maximum absolute atomic E-state index is 13.1. The van der Waals surface area contributed by atoms with Crippen molar-refractivity contribution in [1.82, 2.24) is 0 Å². The van der Waals surface area contributed by atoms with Crippen molar-refractivity contribution in [2.24, 2.45) is 0 Å². The van der Waals surface area contributed by atoms with E-state index in [9.17, 15) is 9.59 Å². The van der Waals surface area contributed by atoms with E-state index in [2.05, 4.69) is 60.7 Å². The second kappa shape index (κ2) is 10.8. The summed E-state index contributed by atoms with van der Waals surface area (Å²) in [5.41, 5.74) is 3.12. The first kappa shape index (κ1) is 25.4. The van der Waals surface area contributed by atoms with E-state index in [4.69, 9.17) is 0 Å². The SMILES string of the molecule is O=C(/C=C\c1c2ccccc2cc2ccccc12)c1ccc(C(=O)/C=C\c2c3ccccc3cc3ccccc23)cc1. The average molecular weight is 539 g/mol. The van der Waals surface area contributed by atoms with Gasteiger partial charge in [-0.1, -0.05) is 121 Å². The minimum atomic E-state index is -0.108. The van der Waals surface area contributed by atoms with Crippen LogP contribution < -0.4 is 0 Å². The van der Waals surface area contributed by atoms with Gasteiger partial charge in [0.2, 0.25) is 0 Å². The van der Waals surface area contributed by atoms with E-state index < -0.39 is 0 Å². The number of rotatable bonds is 6. The summed E-state index contributed by atoms with van der Waals surface area (Å²) in [6.45, 7) is 0. The lowest BCUT2D eigenvalue weighted by Crippen LogP contribution is -1.98. The largest absolute Gasteiger partial charge is 0.289 e. The normalized spacial score (nSPS) is 11.8. The molecule has 0 heterocycles. The van der Waals surface area contributed by atoms with Gasteiger partial charge in [-0.25, -0.2) is 0 Å². The average Bonchev–Trinajstić information content (AvgIpc) is 3.04. The predicted molar refractivity (Wildman–Crippen MR) is 176 cm³/mol. The van der Waals surface area contributed by atoms with Gasteiger partial charge in [-0.2, -0.15) is 0 Å². The molecule has 0 unspecified atom stereocenters. The number of allylic oxidation sites excluding steroid dienone is 2. The second-order valence-electron chi connectivity index (χ2n) is 10.4. The van der Waals surface area contributed by atoms with Crippen molar-refractivity contribution in [2.75, 3.05) is 0 Å². The fraction of sp³-hybridized carbons (Fsp3) is 0. The molecule has 0 aliphatic rings. The van der Waals surface area contributed by atoms with E-state index >= 15 is 0 Å². The molecule has 0 aliphatic carbocycles. The highest BCUT2D eigenvalue weighted by Gasteiger charge is 2.10. The molecule has 0 fully saturated rings. The van der Waals surface area contributed by atoms with Crippen molar-refractivity contribution < 1.29 is 9.59 Å². The predicted octanol–water partition coefficient (Wildman–Crippen LogP) is 10.1. The molecule has 7 aromatic rings. The van der Waals surface area contributed by atoms with Crippen molar-refractivity contribution in [3.8, 4) is 0 Å². The molecule has 42 heavy (non-hydrogen) atoms. The van der Waals surface area contributed by atoms with Gasteiger partial charge in [0.15, 0.2) is 11.6 Å². The monoisotopic (exact) mass is 538 g/mol. The third kappa shape index (κ3) is 4.70. The van der Waals surface area contributed by atoms with Gasteiger partial charge >= 0.3 is 0 Å². The Morgan fingerprint density at radius 3 is 0.976 bits per heavy atom. The van der Waals surface area contributed by atoms with Gasteiger partial charge in [-0.3, -0.25) is 9.59 Å². The van der Waals surface area contributed by atoms with Crippen molar-refractivity contribution >= 4 is 66.8 Å². The molecule has 0 amide bonds. The van der Waals surface area contributed by atoms with E-state index in [0.717, 1.165) is 54.2 Å². The van der Waals surface area contributed by atoms with Crippen molar-refractivity contribution in [3.05, 3.63) is 168 Å². The number of hydrogen-bond donors (Lipinski definition) is 0. The maximum Gasteiger partial charge on any atom is 0.185 e. The number of ketones is 2. The molecule has 0 bridgehead atoms. The van der Waals surface area contributed by atoms with E-state index in [0.29, 0.717) is 11.1 Å². The molecule has 0 radical (unpaired) electrons. The minimum absolute atomic E-state index is 0.108. The van der Waals surface area contributed by atoms with Crippen LogP contribution in [0, 0.1) is 0 Å². The van der Waals surface area contributed by atoms with Crippen LogP contribution in [-0.4, -0.2) is 11.6 Å². The van der Waals surface area contributed by atoms with Crippen LogP contribution in [0.25, 0.3) is 55.2 Å². The van der Waals surface area contributed by atoms with Gasteiger partial charge in [0.1, 0.15) is 0 Å². The van der Waals surface area contributed by atoms with Crippen LogP contribution in [0.15, 0.2) is 146 Å². The summed E-state index contributed by atoms with van der Waals surface area (Å²) in [5, 5.41) is 8.95. The fourth-order valence-electron chi connectivity index (χ4n) is 5.77. The van der Waals surface area contributed by atoms with Crippen LogP contribution in [0.4, 0.5) is 0 Å². The third-order valence-electron chi connectivity index (χ3n) is 7.88. The highest BCUT2D eigenvalue weighted by molar-refractivity contribution is 6.14. The first-order chi connectivity index (χ1) is 20.7.